The molecule has 0 spiro atoms. The van der Waals surface area contributed by atoms with Crippen molar-refractivity contribution in [2.24, 2.45) is 0 Å². The number of aromatic nitrogens is 2. The van der Waals surface area contributed by atoms with Gasteiger partial charge in [0.15, 0.2) is 15.7 Å². The summed E-state index contributed by atoms with van der Waals surface area (Å²) in [7, 11) is -3.04. The van der Waals surface area contributed by atoms with E-state index in [1.54, 1.807) is 0 Å². The molecule has 1 fully saturated rings. The van der Waals surface area contributed by atoms with Crippen molar-refractivity contribution in [2.75, 3.05) is 29.9 Å². The molecule has 1 aliphatic heterocycles. The number of nitrogens with one attached hydrogen (secondary N) is 1. The van der Waals surface area contributed by atoms with Crippen LogP contribution in [0.3, 0.4) is 0 Å². The number of nitrogens with zero attached hydrogens (tertiary/aromatic N) is 3. The molecule has 4 rings (SSSR count). The average molecular weight is 429 g/mol. The van der Waals surface area contributed by atoms with Crippen molar-refractivity contribution in [3.8, 4) is 11.4 Å². The first-order valence-corrected chi connectivity index (χ1v) is 11.8. The Labute approximate surface area is 173 Å². The van der Waals surface area contributed by atoms with Gasteiger partial charge in [0.2, 0.25) is 11.0 Å². The van der Waals surface area contributed by atoms with Crippen LogP contribution in [0.15, 0.2) is 60.7 Å². The van der Waals surface area contributed by atoms with E-state index in [4.69, 9.17) is 0 Å². The minimum atomic E-state index is -3.04. The Morgan fingerprint density at radius 1 is 1.00 bits per heavy atom. The predicted molar refractivity (Wildman–Crippen MR) is 113 cm³/mol. The summed E-state index contributed by atoms with van der Waals surface area (Å²) in [4.78, 5) is 19.5. The Morgan fingerprint density at radius 3 is 2.28 bits per heavy atom. The lowest BCUT2D eigenvalue weighted by molar-refractivity contribution is -0.121. The Morgan fingerprint density at radius 2 is 1.62 bits per heavy atom. The van der Waals surface area contributed by atoms with E-state index in [1.165, 1.54) is 0 Å². The third-order valence-corrected chi connectivity index (χ3v) is 7.04. The maximum atomic E-state index is 13.2. The van der Waals surface area contributed by atoms with E-state index in [1.807, 2.05) is 65.6 Å². The number of rotatable bonds is 5. The molecular weight excluding hydrogens is 408 g/mol. The molecule has 2 aromatic carbocycles. The minimum absolute atomic E-state index is 0.0561. The molecule has 0 aliphatic carbocycles. The zero-order valence-corrected chi connectivity index (χ0v) is 17.2. The van der Waals surface area contributed by atoms with Crippen LogP contribution in [0.2, 0.25) is 0 Å². The van der Waals surface area contributed by atoms with Crippen LogP contribution in [0.1, 0.15) is 11.6 Å². The average Bonchev–Trinajstić information content (AvgIpc) is 3.19. The van der Waals surface area contributed by atoms with Crippen molar-refractivity contribution in [3.05, 3.63) is 66.2 Å². The molecule has 0 bridgehead atoms. The van der Waals surface area contributed by atoms with Crippen molar-refractivity contribution in [2.45, 2.75) is 6.04 Å². The highest BCUT2D eigenvalue weighted by molar-refractivity contribution is 7.91. The zero-order chi connectivity index (χ0) is 20.3. The summed E-state index contributed by atoms with van der Waals surface area (Å²) < 4.78 is 27.9. The summed E-state index contributed by atoms with van der Waals surface area (Å²) in [5.41, 5.74) is 1.70. The quantitative estimate of drug-likeness (QED) is 0.672. The van der Waals surface area contributed by atoms with Crippen molar-refractivity contribution < 1.29 is 13.2 Å². The molecule has 3 aromatic rings. The van der Waals surface area contributed by atoms with Crippen LogP contribution in [0, 0.1) is 0 Å². The molecule has 1 unspecified atom stereocenters. The van der Waals surface area contributed by atoms with Crippen LogP contribution < -0.4 is 5.32 Å². The fourth-order valence-corrected chi connectivity index (χ4v) is 5.12. The van der Waals surface area contributed by atoms with Gasteiger partial charge in [0.1, 0.15) is 6.04 Å². The number of hydrogen-bond donors (Lipinski definition) is 1. The van der Waals surface area contributed by atoms with Crippen molar-refractivity contribution in [1.29, 1.82) is 0 Å². The second-order valence-electron chi connectivity index (χ2n) is 6.78. The third kappa shape index (κ3) is 4.69. The maximum Gasteiger partial charge on any atom is 0.248 e. The van der Waals surface area contributed by atoms with E-state index in [-0.39, 0.29) is 17.4 Å². The molecule has 150 valence electrons. The van der Waals surface area contributed by atoms with Gasteiger partial charge in [-0.05, 0) is 5.56 Å². The smallest absolute Gasteiger partial charge is 0.248 e. The fourth-order valence-electron chi connectivity index (χ4n) is 3.30. The first kappa shape index (κ1) is 19.7. The van der Waals surface area contributed by atoms with E-state index >= 15 is 0 Å². The number of benzene rings is 2. The summed E-state index contributed by atoms with van der Waals surface area (Å²) in [6.45, 7) is 0.640. The van der Waals surface area contributed by atoms with Gasteiger partial charge in [-0.2, -0.15) is 9.36 Å². The van der Waals surface area contributed by atoms with Crippen LogP contribution in [-0.2, 0) is 14.6 Å². The van der Waals surface area contributed by atoms with Crippen molar-refractivity contribution in [1.82, 2.24) is 14.3 Å². The number of carbonyl (C=O) groups excluding carboxylic acids is 1. The first-order chi connectivity index (χ1) is 14.0. The first-order valence-electron chi connectivity index (χ1n) is 9.21. The molecule has 1 N–H and O–H groups in total. The monoisotopic (exact) mass is 428 g/mol. The van der Waals surface area contributed by atoms with Gasteiger partial charge in [0, 0.05) is 30.2 Å². The largest absolute Gasteiger partial charge is 0.299 e. The highest BCUT2D eigenvalue weighted by Gasteiger charge is 2.33. The van der Waals surface area contributed by atoms with E-state index in [0.717, 1.165) is 22.7 Å². The predicted octanol–water partition coefficient (Wildman–Crippen LogP) is 2.62. The number of amides is 1. The molecular formula is C20H20N4O3S2. The summed E-state index contributed by atoms with van der Waals surface area (Å²) >= 11 is 1.12. The molecule has 0 radical (unpaired) electrons. The van der Waals surface area contributed by atoms with E-state index in [9.17, 15) is 13.2 Å². The second kappa shape index (κ2) is 8.40. The SMILES string of the molecule is O=C(Nc1nc(-c2ccccc2)ns1)C(c1ccccc1)N1CCS(=O)(=O)CC1. The molecule has 1 aliphatic rings. The molecule has 2 heterocycles. The van der Waals surface area contributed by atoms with Crippen LogP contribution in [0.25, 0.3) is 11.4 Å². The highest BCUT2D eigenvalue weighted by atomic mass is 32.2. The van der Waals surface area contributed by atoms with Gasteiger partial charge in [-0.15, -0.1) is 0 Å². The molecule has 1 amide bonds. The summed E-state index contributed by atoms with van der Waals surface area (Å²) in [5, 5.41) is 3.28. The zero-order valence-electron chi connectivity index (χ0n) is 15.6. The maximum absolute atomic E-state index is 13.2. The number of sulfone groups is 1. The van der Waals surface area contributed by atoms with E-state index < -0.39 is 15.9 Å². The van der Waals surface area contributed by atoms with Crippen LogP contribution in [0.4, 0.5) is 5.13 Å². The molecule has 7 nitrogen and oxygen atoms in total. The highest BCUT2D eigenvalue weighted by Crippen LogP contribution is 2.26. The molecule has 29 heavy (non-hydrogen) atoms. The molecule has 0 saturated carbocycles. The molecule has 1 aromatic heterocycles. The van der Waals surface area contributed by atoms with E-state index in [0.29, 0.717) is 24.0 Å². The van der Waals surface area contributed by atoms with Gasteiger partial charge in [-0.3, -0.25) is 15.0 Å². The third-order valence-electron chi connectivity index (χ3n) is 4.80. The lowest BCUT2D eigenvalue weighted by Gasteiger charge is -2.33. The van der Waals surface area contributed by atoms with Gasteiger partial charge in [0.25, 0.3) is 0 Å². The van der Waals surface area contributed by atoms with Gasteiger partial charge in [0.05, 0.1) is 11.5 Å². The molecule has 9 heteroatoms. The second-order valence-corrected chi connectivity index (χ2v) is 9.83. The topological polar surface area (TPSA) is 92.3 Å². The van der Waals surface area contributed by atoms with Gasteiger partial charge >= 0.3 is 0 Å². The standard InChI is InChI=1S/C20H20N4O3S2/c25-19(22-20-21-18(23-28-20)16-9-5-2-6-10-16)17(15-7-3-1-4-8-15)24-11-13-29(26,27)14-12-24/h1-10,17H,11-14H2,(H,21,22,23,25). The lowest BCUT2D eigenvalue weighted by atomic mass is 10.0. The minimum Gasteiger partial charge on any atom is -0.299 e. The number of carbonyl (C=O) groups is 1. The Hall–Kier alpha value is -2.62. The van der Waals surface area contributed by atoms with Crippen LogP contribution >= 0.6 is 11.5 Å². The van der Waals surface area contributed by atoms with Gasteiger partial charge in [-0.1, -0.05) is 60.7 Å². The Bertz CT molecular complexity index is 1070. The van der Waals surface area contributed by atoms with Crippen LogP contribution in [-0.4, -0.2) is 53.2 Å². The number of anilines is 1. The van der Waals surface area contributed by atoms with Crippen LogP contribution in [0.5, 0.6) is 0 Å². The van der Waals surface area contributed by atoms with Gasteiger partial charge < -0.3 is 0 Å². The van der Waals surface area contributed by atoms with Crippen molar-refractivity contribution >= 4 is 32.4 Å². The fraction of sp³-hybridized carbons (Fsp3) is 0.250. The number of hydrogen-bond acceptors (Lipinski definition) is 7. The Balaban J connectivity index is 1.55. The summed E-state index contributed by atoms with van der Waals surface area (Å²) in [6.07, 6.45) is 0. The lowest BCUT2D eigenvalue weighted by Crippen LogP contribution is -2.46. The summed E-state index contributed by atoms with van der Waals surface area (Å²) in [5.74, 6) is 0.429. The summed E-state index contributed by atoms with van der Waals surface area (Å²) in [6, 6.07) is 18.3. The molecule has 1 atom stereocenters. The normalized spacial score (nSPS) is 17.5. The van der Waals surface area contributed by atoms with Crippen molar-refractivity contribution in [3.63, 3.8) is 0 Å². The molecule has 1 saturated heterocycles. The van der Waals surface area contributed by atoms with Gasteiger partial charge in [-0.25, -0.2) is 8.42 Å². The van der Waals surface area contributed by atoms with E-state index in [2.05, 4.69) is 14.7 Å². The Kier molecular flexibility index (Phi) is 5.70.